The van der Waals surface area contributed by atoms with E-state index in [0.29, 0.717) is 5.56 Å². The molecular weight excluding hydrogens is 178 g/mol. The van der Waals surface area contributed by atoms with Crippen molar-refractivity contribution in [3.8, 4) is 5.75 Å². The van der Waals surface area contributed by atoms with Crippen LogP contribution in [-0.4, -0.2) is 27.5 Å². The minimum absolute atomic E-state index is 0.696. The van der Waals surface area contributed by atoms with Crippen LogP contribution in [0.5, 0.6) is 5.75 Å². The zero-order valence-electron chi connectivity index (χ0n) is 8.83. The standard InChI is InChI=1S/C11H15NO2/c1-12(2)7-10-6-9(8-13)4-5-11(10)14-3/h4-6,8H,7H2,1-3H3/p+1. The molecule has 0 saturated heterocycles. The third kappa shape index (κ3) is 2.57. The lowest BCUT2D eigenvalue weighted by atomic mass is 10.1. The third-order valence-corrected chi connectivity index (χ3v) is 1.98. The SMILES string of the molecule is COc1ccc(C=O)cc1C[NH+](C)C. The van der Waals surface area contributed by atoms with Crippen LogP contribution in [0.1, 0.15) is 15.9 Å². The number of carbonyl (C=O) groups is 1. The van der Waals surface area contributed by atoms with Gasteiger partial charge in [-0.05, 0) is 18.2 Å². The van der Waals surface area contributed by atoms with E-state index in [1.807, 2.05) is 12.1 Å². The lowest BCUT2D eigenvalue weighted by Gasteiger charge is -2.11. The quantitative estimate of drug-likeness (QED) is 0.692. The van der Waals surface area contributed by atoms with Gasteiger partial charge in [-0.25, -0.2) is 0 Å². The molecule has 0 saturated carbocycles. The van der Waals surface area contributed by atoms with Crippen LogP contribution in [0, 0.1) is 0 Å². The van der Waals surface area contributed by atoms with Crippen molar-refractivity contribution in [2.24, 2.45) is 0 Å². The highest BCUT2D eigenvalue weighted by molar-refractivity contribution is 5.75. The molecule has 0 aromatic heterocycles. The van der Waals surface area contributed by atoms with Crippen molar-refractivity contribution in [2.45, 2.75) is 6.54 Å². The average molecular weight is 194 g/mol. The Morgan fingerprint density at radius 3 is 2.64 bits per heavy atom. The Morgan fingerprint density at radius 1 is 1.43 bits per heavy atom. The van der Waals surface area contributed by atoms with E-state index in [4.69, 9.17) is 4.74 Å². The van der Waals surface area contributed by atoms with Gasteiger partial charge in [-0.15, -0.1) is 0 Å². The number of hydrogen-bond acceptors (Lipinski definition) is 2. The molecule has 14 heavy (non-hydrogen) atoms. The van der Waals surface area contributed by atoms with E-state index >= 15 is 0 Å². The molecule has 76 valence electrons. The van der Waals surface area contributed by atoms with Gasteiger partial charge in [0.05, 0.1) is 21.2 Å². The minimum Gasteiger partial charge on any atom is -0.496 e. The second-order valence-corrected chi connectivity index (χ2v) is 3.57. The van der Waals surface area contributed by atoms with Crippen LogP contribution in [0.4, 0.5) is 0 Å². The normalized spacial score (nSPS) is 10.3. The summed E-state index contributed by atoms with van der Waals surface area (Å²) in [4.78, 5) is 11.9. The Morgan fingerprint density at radius 2 is 2.14 bits per heavy atom. The van der Waals surface area contributed by atoms with Crippen molar-refractivity contribution < 1.29 is 14.4 Å². The molecular formula is C11H16NO2+. The number of carbonyl (C=O) groups excluding carboxylic acids is 1. The summed E-state index contributed by atoms with van der Waals surface area (Å²) in [6.07, 6.45) is 0.855. The first-order valence-electron chi connectivity index (χ1n) is 4.58. The van der Waals surface area contributed by atoms with Crippen LogP contribution in [0.15, 0.2) is 18.2 Å². The van der Waals surface area contributed by atoms with Crippen molar-refractivity contribution in [1.29, 1.82) is 0 Å². The Bertz CT molecular complexity index is 321. The predicted octanol–water partition coefficient (Wildman–Crippen LogP) is 0.152. The van der Waals surface area contributed by atoms with Crippen LogP contribution in [0.3, 0.4) is 0 Å². The van der Waals surface area contributed by atoms with Gasteiger partial charge in [0, 0.05) is 11.1 Å². The summed E-state index contributed by atoms with van der Waals surface area (Å²) in [6, 6.07) is 5.47. The summed E-state index contributed by atoms with van der Waals surface area (Å²) in [5.74, 6) is 0.844. The summed E-state index contributed by atoms with van der Waals surface area (Å²) in [6.45, 7) is 0.852. The molecule has 3 heteroatoms. The Kier molecular flexibility index (Phi) is 3.65. The third-order valence-electron chi connectivity index (χ3n) is 1.98. The maximum atomic E-state index is 10.6. The molecule has 0 fully saturated rings. The van der Waals surface area contributed by atoms with Gasteiger partial charge in [0.1, 0.15) is 18.6 Å². The molecule has 0 aliphatic heterocycles. The van der Waals surface area contributed by atoms with Crippen LogP contribution in [0.25, 0.3) is 0 Å². The first-order valence-corrected chi connectivity index (χ1v) is 4.58. The molecule has 0 amide bonds. The second-order valence-electron chi connectivity index (χ2n) is 3.57. The Hall–Kier alpha value is -1.35. The molecule has 0 spiro atoms. The fourth-order valence-corrected chi connectivity index (χ4v) is 1.39. The molecule has 0 atom stereocenters. The maximum Gasteiger partial charge on any atom is 0.150 e. The smallest absolute Gasteiger partial charge is 0.150 e. The van der Waals surface area contributed by atoms with E-state index in [1.54, 1.807) is 13.2 Å². The summed E-state index contributed by atoms with van der Waals surface area (Å²) >= 11 is 0. The van der Waals surface area contributed by atoms with Crippen molar-refractivity contribution in [3.05, 3.63) is 29.3 Å². The van der Waals surface area contributed by atoms with E-state index < -0.39 is 0 Å². The van der Waals surface area contributed by atoms with Crippen LogP contribution in [-0.2, 0) is 6.54 Å². The molecule has 0 heterocycles. The minimum atomic E-state index is 0.696. The van der Waals surface area contributed by atoms with Gasteiger partial charge < -0.3 is 9.64 Å². The van der Waals surface area contributed by atoms with Gasteiger partial charge >= 0.3 is 0 Å². The van der Waals surface area contributed by atoms with Crippen molar-refractivity contribution in [1.82, 2.24) is 0 Å². The van der Waals surface area contributed by atoms with Gasteiger partial charge in [0.2, 0.25) is 0 Å². The number of aldehydes is 1. The molecule has 0 aliphatic rings. The number of methoxy groups -OCH3 is 1. The van der Waals surface area contributed by atoms with Gasteiger partial charge in [0.15, 0.2) is 0 Å². The molecule has 1 rings (SSSR count). The number of benzene rings is 1. The molecule has 0 unspecified atom stereocenters. The number of ether oxygens (including phenoxy) is 1. The van der Waals surface area contributed by atoms with Crippen LogP contribution in [0.2, 0.25) is 0 Å². The second kappa shape index (κ2) is 4.77. The largest absolute Gasteiger partial charge is 0.496 e. The summed E-state index contributed by atoms with van der Waals surface area (Å²) < 4.78 is 5.22. The molecule has 1 aromatic rings. The zero-order chi connectivity index (χ0) is 10.6. The maximum absolute atomic E-state index is 10.6. The molecule has 0 radical (unpaired) electrons. The van der Waals surface area contributed by atoms with Crippen LogP contribution >= 0.6 is 0 Å². The highest BCUT2D eigenvalue weighted by atomic mass is 16.5. The van der Waals surface area contributed by atoms with E-state index in [0.717, 1.165) is 24.1 Å². The van der Waals surface area contributed by atoms with Crippen LogP contribution < -0.4 is 9.64 Å². The fourth-order valence-electron chi connectivity index (χ4n) is 1.39. The lowest BCUT2D eigenvalue weighted by molar-refractivity contribution is -0.872. The average Bonchev–Trinajstić information content (AvgIpc) is 2.16. The Balaban J connectivity index is 3.01. The summed E-state index contributed by atoms with van der Waals surface area (Å²) in [5, 5.41) is 0. The molecule has 3 nitrogen and oxygen atoms in total. The number of hydrogen-bond donors (Lipinski definition) is 1. The van der Waals surface area contributed by atoms with Crippen molar-refractivity contribution >= 4 is 6.29 Å². The van der Waals surface area contributed by atoms with Gasteiger partial charge in [-0.2, -0.15) is 0 Å². The number of nitrogens with one attached hydrogen (secondary N) is 1. The van der Waals surface area contributed by atoms with Gasteiger partial charge in [0.25, 0.3) is 0 Å². The lowest BCUT2D eigenvalue weighted by Crippen LogP contribution is -3.04. The Labute approximate surface area is 84.3 Å². The van der Waals surface area contributed by atoms with E-state index in [-0.39, 0.29) is 0 Å². The van der Waals surface area contributed by atoms with Crippen molar-refractivity contribution in [2.75, 3.05) is 21.2 Å². The topological polar surface area (TPSA) is 30.7 Å². The first kappa shape index (κ1) is 10.7. The number of rotatable bonds is 4. The molecule has 0 bridgehead atoms. The molecule has 1 aromatic carbocycles. The predicted molar refractivity (Wildman–Crippen MR) is 54.9 cm³/mol. The number of quaternary nitrogens is 1. The summed E-state index contributed by atoms with van der Waals surface area (Å²) in [7, 11) is 5.77. The van der Waals surface area contributed by atoms with Crippen molar-refractivity contribution in [3.63, 3.8) is 0 Å². The van der Waals surface area contributed by atoms with E-state index in [2.05, 4.69) is 14.1 Å². The summed E-state index contributed by atoms with van der Waals surface area (Å²) in [5.41, 5.74) is 1.76. The van der Waals surface area contributed by atoms with Gasteiger partial charge in [-0.3, -0.25) is 4.79 Å². The highest BCUT2D eigenvalue weighted by Crippen LogP contribution is 2.18. The van der Waals surface area contributed by atoms with E-state index in [1.165, 1.54) is 4.90 Å². The first-order chi connectivity index (χ1) is 6.67. The van der Waals surface area contributed by atoms with E-state index in [9.17, 15) is 4.79 Å². The van der Waals surface area contributed by atoms with Gasteiger partial charge in [-0.1, -0.05) is 0 Å². The highest BCUT2D eigenvalue weighted by Gasteiger charge is 2.07. The monoisotopic (exact) mass is 194 g/mol. The molecule has 0 aliphatic carbocycles. The zero-order valence-corrected chi connectivity index (χ0v) is 8.83. The fraction of sp³-hybridized carbons (Fsp3) is 0.364. The molecule has 1 N–H and O–H groups in total.